The number of carbonyl (C=O) groups is 1. The van der Waals surface area contributed by atoms with Crippen LogP contribution in [0.4, 0.5) is 0 Å². The zero-order chi connectivity index (χ0) is 6.41. The number of rotatable bonds is 2. The lowest BCUT2D eigenvalue weighted by Gasteiger charge is -1.88. The van der Waals surface area contributed by atoms with E-state index in [2.05, 4.69) is 0 Å². The summed E-state index contributed by atoms with van der Waals surface area (Å²) >= 11 is 0. The Bertz CT molecular complexity index is 98.6. The van der Waals surface area contributed by atoms with Crippen molar-refractivity contribution in [3.05, 3.63) is 12.2 Å². The third-order valence-electron chi connectivity index (χ3n) is 0.664. The van der Waals surface area contributed by atoms with Crippen molar-refractivity contribution >= 4 is 5.91 Å². The summed E-state index contributed by atoms with van der Waals surface area (Å²) in [6, 6.07) is 0. The molecule has 0 saturated heterocycles. The molecular formula is C5H9NO2. The van der Waals surface area contributed by atoms with E-state index >= 15 is 0 Å². The average molecular weight is 115 g/mol. The van der Waals surface area contributed by atoms with Crippen molar-refractivity contribution in [2.45, 2.75) is 13.3 Å². The Kier molecular flexibility index (Phi) is 3.88. The van der Waals surface area contributed by atoms with Crippen LogP contribution in [0.1, 0.15) is 13.3 Å². The van der Waals surface area contributed by atoms with Crippen LogP contribution in [-0.2, 0) is 4.79 Å². The number of hydrogen-bond donors (Lipinski definition) is 2. The van der Waals surface area contributed by atoms with Gasteiger partial charge >= 0.3 is 0 Å². The third-order valence-corrected chi connectivity index (χ3v) is 0.664. The summed E-state index contributed by atoms with van der Waals surface area (Å²) in [5.74, 6) is -0.386. The minimum absolute atomic E-state index is 0.243. The van der Waals surface area contributed by atoms with Gasteiger partial charge in [0.2, 0.25) is 5.91 Å². The molecular weight excluding hydrogens is 106 g/mol. The molecule has 0 unspecified atom stereocenters. The number of hydrogen-bond acceptors (Lipinski definition) is 2. The van der Waals surface area contributed by atoms with Gasteiger partial charge in [0.1, 0.15) is 0 Å². The van der Waals surface area contributed by atoms with Gasteiger partial charge in [0.05, 0.1) is 0 Å². The van der Waals surface area contributed by atoms with Gasteiger partial charge in [-0.1, -0.05) is 12.2 Å². The average Bonchev–Trinajstić information content (AvgIpc) is 1.83. The smallest absolute Gasteiger partial charge is 0.247 e. The Morgan fingerprint density at radius 2 is 2.50 bits per heavy atom. The molecule has 0 saturated carbocycles. The number of amides is 1. The maximum atomic E-state index is 10.2. The molecule has 0 atom stereocenters. The molecule has 46 valence electrons. The minimum Gasteiger partial charge on any atom is -0.289 e. The molecule has 0 aromatic carbocycles. The van der Waals surface area contributed by atoms with Crippen LogP contribution in [0.5, 0.6) is 0 Å². The van der Waals surface area contributed by atoms with Crippen LogP contribution in [0.3, 0.4) is 0 Å². The van der Waals surface area contributed by atoms with Crippen LogP contribution in [0, 0.1) is 0 Å². The van der Waals surface area contributed by atoms with Gasteiger partial charge in [-0.05, 0) is 6.92 Å². The largest absolute Gasteiger partial charge is 0.289 e. The predicted molar refractivity (Wildman–Crippen MR) is 29.4 cm³/mol. The Labute approximate surface area is 48.0 Å². The molecule has 3 nitrogen and oxygen atoms in total. The van der Waals surface area contributed by atoms with E-state index in [-0.39, 0.29) is 12.3 Å². The molecule has 0 radical (unpaired) electrons. The van der Waals surface area contributed by atoms with Gasteiger partial charge in [0.15, 0.2) is 0 Å². The van der Waals surface area contributed by atoms with E-state index in [1.165, 1.54) is 5.48 Å². The maximum Gasteiger partial charge on any atom is 0.247 e. The number of nitrogens with one attached hydrogen (secondary N) is 1. The van der Waals surface area contributed by atoms with Crippen LogP contribution >= 0.6 is 0 Å². The molecule has 0 spiro atoms. The monoisotopic (exact) mass is 115 g/mol. The van der Waals surface area contributed by atoms with Gasteiger partial charge in [0, 0.05) is 6.42 Å². The predicted octanol–water partition coefficient (Wildman–Crippen LogP) is 0.458. The molecule has 0 aromatic heterocycles. The van der Waals surface area contributed by atoms with Crippen molar-refractivity contribution in [1.29, 1.82) is 0 Å². The van der Waals surface area contributed by atoms with E-state index in [1.54, 1.807) is 12.2 Å². The van der Waals surface area contributed by atoms with E-state index in [0.29, 0.717) is 0 Å². The van der Waals surface area contributed by atoms with Crippen LogP contribution in [-0.4, -0.2) is 11.1 Å². The summed E-state index contributed by atoms with van der Waals surface area (Å²) in [4.78, 5) is 10.2. The highest BCUT2D eigenvalue weighted by Gasteiger charge is 1.89. The normalized spacial score (nSPS) is 9.75. The van der Waals surface area contributed by atoms with Crippen LogP contribution in [0.2, 0.25) is 0 Å². The second-order valence-electron chi connectivity index (χ2n) is 1.31. The van der Waals surface area contributed by atoms with Gasteiger partial charge in [-0.2, -0.15) is 0 Å². The first-order valence-electron chi connectivity index (χ1n) is 2.35. The molecule has 3 heteroatoms. The summed E-state index contributed by atoms with van der Waals surface area (Å²) < 4.78 is 0. The summed E-state index contributed by atoms with van der Waals surface area (Å²) in [6.07, 6.45) is 3.65. The zero-order valence-electron chi connectivity index (χ0n) is 4.72. The summed E-state index contributed by atoms with van der Waals surface area (Å²) in [5, 5.41) is 7.93. The van der Waals surface area contributed by atoms with Crippen LogP contribution < -0.4 is 5.48 Å². The highest BCUT2D eigenvalue weighted by atomic mass is 16.5. The van der Waals surface area contributed by atoms with E-state index in [4.69, 9.17) is 5.21 Å². The molecule has 0 fully saturated rings. The Hall–Kier alpha value is -0.830. The molecule has 0 rings (SSSR count). The number of allylic oxidation sites excluding steroid dienone is 1. The molecule has 8 heavy (non-hydrogen) atoms. The van der Waals surface area contributed by atoms with Gasteiger partial charge in [-0.3, -0.25) is 10.0 Å². The minimum atomic E-state index is -0.386. The summed E-state index contributed by atoms with van der Waals surface area (Å²) in [5.41, 5.74) is 1.51. The lowest BCUT2D eigenvalue weighted by molar-refractivity contribution is -0.128. The Morgan fingerprint density at radius 1 is 1.88 bits per heavy atom. The Balaban J connectivity index is 3.25. The second kappa shape index (κ2) is 4.33. The SMILES string of the molecule is C/C=C/CC(=O)NO. The van der Waals surface area contributed by atoms with Gasteiger partial charge in [0.25, 0.3) is 0 Å². The van der Waals surface area contributed by atoms with Crippen molar-refractivity contribution in [3.8, 4) is 0 Å². The lowest BCUT2D eigenvalue weighted by Crippen LogP contribution is -2.16. The standard InChI is InChI=1S/C5H9NO2/c1-2-3-4-5(7)6-8/h2-3,8H,4H2,1H3,(H,6,7)/b3-2+. The van der Waals surface area contributed by atoms with Gasteiger partial charge in [-0.25, -0.2) is 5.48 Å². The van der Waals surface area contributed by atoms with Crippen LogP contribution in [0.15, 0.2) is 12.2 Å². The molecule has 0 aromatic rings. The second-order valence-corrected chi connectivity index (χ2v) is 1.31. The fourth-order valence-electron chi connectivity index (χ4n) is 0.271. The first-order chi connectivity index (χ1) is 3.81. The van der Waals surface area contributed by atoms with E-state index < -0.39 is 0 Å². The fourth-order valence-corrected chi connectivity index (χ4v) is 0.271. The molecule has 0 aliphatic carbocycles. The fraction of sp³-hybridized carbons (Fsp3) is 0.400. The number of hydroxylamine groups is 1. The third kappa shape index (κ3) is 3.36. The molecule has 1 amide bonds. The molecule has 0 aliphatic heterocycles. The Morgan fingerprint density at radius 3 is 2.88 bits per heavy atom. The van der Waals surface area contributed by atoms with Crippen molar-refractivity contribution < 1.29 is 10.0 Å². The first kappa shape index (κ1) is 7.17. The van der Waals surface area contributed by atoms with Crippen molar-refractivity contribution in [1.82, 2.24) is 5.48 Å². The molecule has 0 bridgehead atoms. The highest BCUT2D eigenvalue weighted by molar-refractivity contribution is 5.76. The van der Waals surface area contributed by atoms with E-state index in [1.807, 2.05) is 6.92 Å². The van der Waals surface area contributed by atoms with Gasteiger partial charge in [-0.15, -0.1) is 0 Å². The van der Waals surface area contributed by atoms with E-state index in [0.717, 1.165) is 0 Å². The van der Waals surface area contributed by atoms with Gasteiger partial charge < -0.3 is 0 Å². The summed E-state index contributed by atoms with van der Waals surface area (Å²) in [7, 11) is 0. The molecule has 2 N–H and O–H groups in total. The van der Waals surface area contributed by atoms with Crippen LogP contribution in [0.25, 0.3) is 0 Å². The molecule has 0 aliphatic rings. The zero-order valence-corrected chi connectivity index (χ0v) is 4.72. The lowest BCUT2D eigenvalue weighted by atomic mass is 10.4. The first-order valence-corrected chi connectivity index (χ1v) is 2.35. The van der Waals surface area contributed by atoms with Crippen molar-refractivity contribution in [2.24, 2.45) is 0 Å². The topological polar surface area (TPSA) is 49.3 Å². The van der Waals surface area contributed by atoms with E-state index in [9.17, 15) is 4.79 Å². The number of carbonyl (C=O) groups excluding carboxylic acids is 1. The highest BCUT2D eigenvalue weighted by Crippen LogP contribution is 1.79. The summed E-state index contributed by atoms with van der Waals surface area (Å²) in [6.45, 7) is 1.81. The van der Waals surface area contributed by atoms with Crippen molar-refractivity contribution in [3.63, 3.8) is 0 Å². The quantitative estimate of drug-likeness (QED) is 0.312. The van der Waals surface area contributed by atoms with Crippen molar-refractivity contribution in [2.75, 3.05) is 0 Å². The maximum absolute atomic E-state index is 10.2. The molecule has 0 heterocycles.